The number of nitrogens with two attached hydrogens (primary N) is 1. The van der Waals surface area contributed by atoms with Gasteiger partial charge in [0.2, 0.25) is 11.8 Å². The van der Waals surface area contributed by atoms with Crippen LogP contribution in [0.3, 0.4) is 0 Å². The van der Waals surface area contributed by atoms with Gasteiger partial charge >= 0.3 is 0 Å². The van der Waals surface area contributed by atoms with Crippen molar-refractivity contribution < 1.29 is 9.47 Å². The topological polar surface area (TPSA) is 70.3 Å². The molecule has 5 nitrogen and oxygen atoms in total. The minimum atomic E-state index is 0.0847. The van der Waals surface area contributed by atoms with E-state index in [9.17, 15) is 0 Å². The summed E-state index contributed by atoms with van der Waals surface area (Å²) < 4.78 is 10.8. The zero-order valence-corrected chi connectivity index (χ0v) is 10.3. The third-order valence-corrected chi connectivity index (χ3v) is 2.23. The Balaban J connectivity index is 1.78. The van der Waals surface area contributed by atoms with Crippen LogP contribution in [0.5, 0.6) is 11.6 Å². The number of anilines is 1. The van der Waals surface area contributed by atoms with E-state index < -0.39 is 0 Å². The third kappa shape index (κ3) is 3.78. The molecule has 0 atom stereocenters. The fraction of sp³-hybridized carbons (Fsp3) is 0.167. The molecule has 0 bridgehead atoms. The van der Waals surface area contributed by atoms with Crippen molar-refractivity contribution in [2.45, 2.75) is 0 Å². The number of para-hydroxylation sites is 1. The van der Waals surface area contributed by atoms with Crippen LogP contribution in [0.2, 0.25) is 5.15 Å². The largest absolute Gasteiger partial charge is 0.490 e. The second-order valence-electron chi connectivity index (χ2n) is 3.40. The number of benzene rings is 1. The number of ether oxygens (including phenoxy) is 2. The maximum absolute atomic E-state index is 5.72. The maximum Gasteiger partial charge on any atom is 0.224 e. The summed E-state index contributed by atoms with van der Waals surface area (Å²) in [6.45, 7) is 0.757. The van der Waals surface area contributed by atoms with E-state index in [1.165, 1.54) is 6.07 Å². The van der Waals surface area contributed by atoms with Crippen molar-refractivity contribution in [2.24, 2.45) is 0 Å². The Morgan fingerprint density at radius 2 is 1.78 bits per heavy atom. The van der Waals surface area contributed by atoms with E-state index in [-0.39, 0.29) is 11.1 Å². The maximum atomic E-state index is 5.72. The van der Waals surface area contributed by atoms with Gasteiger partial charge in [-0.15, -0.1) is 0 Å². The van der Waals surface area contributed by atoms with Crippen LogP contribution in [0, 0.1) is 0 Å². The molecule has 6 heteroatoms. The summed E-state index contributed by atoms with van der Waals surface area (Å²) in [6.07, 6.45) is 0. The number of rotatable bonds is 5. The van der Waals surface area contributed by atoms with Gasteiger partial charge in [0.25, 0.3) is 0 Å². The van der Waals surface area contributed by atoms with Gasteiger partial charge in [0, 0.05) is 6.07 Å². The zero-order valence-electron chi connectivity index (χ0n) is 9.54. The number of nitrogen functional groups attached to an aromatic ring is 1. The van der Waals surface area contributed by atoms with Crippen LogP contribution < -0.4 is 15.2 Å². The molecule has 2 rings (SSSR count). The quantitative estimate of drug-likeness (QED) is 0.663. The first-order valence-corrected chi connectivity index (χ1v) is 5.72. The van der Waals surface area contributed by atoms with Gasteiger partial charge < -0.3 is 15.2 Å². The van der Waals surface area contributed by atoms with Crippen LogP contribution in [-0.2, 0) is 0 Å². The average Bonchev–Trinajstić information content (AvgIpc) is 2.35. The Hall–Kier alpha value is -2.01. The summed E-state index contributed by atoms with van der Waals surface area (Å²) in [6, 6.07) is 11.0. The SMILES string of the molecule is Nc1nc(Cl)cc(OCCOc2ccccc2)n1. The first-order chi connectivity index (χ1) is 8.74. The fourth-order valence-corrected chi connectivity index (χ4v) is 1.49. The van der Waals surface area contributed by atoms with Gasteiger partial charge in [0.1, 0.15) is 24.1 Å². The molecular formula is C12H12ClN3O2. The van der Waals surface area contributed by atoms with Crippen LogP contribution in [0.4, 0.5) is 5.95 Å². The summed E-state index contributed by atoms with van der Waals surface area (Å²) in [5, 5.41) is 0.251. The first kappa shape index (κ1) is 12.4. The molecule has 0 radical (unpaired) electrons. The van der Waals surface area contributed by atoms with E-state index >= 15 is 0 Å². The molecule has 0 unspecified atom stereocenters. The van der Waals surface area contributed by atoms with E-state index in [0.29, 0.717) is 19.1 Å². The number of hydrogen-bond donors (Lipinski definition) is 1. The smallest absolute Gasteiger partial charge is 0.224 e. The van der Waals surface area contributed by atoms with Crippen molar-refractivity contribution in [3.63, 3.8) is 0 Å². The van der Waals surface area contributed by atoms with Crippen LogP contribution in [0.15, 0.2) is 36.4 Å². The molecule has 0 spiro atoms. The monoisotopic (exact) mass is 265 g/mol. The molecule has 0 saturated carbocycles. The van der Waals surface area contributed by atoms with Crippen LogP contribution in [-0.4, -0.2) is 23.2 Å². The van der Waals surface area contributed by atoms with Crippen molar-refractivity contribution in [1.82, 2.24) is 9.97 Å². The van der Waals surface area contributed by atoms with E-state index in [2.05, 4.69) is 9.97 Å². The van der Waals surface area contributed by atoms with E-state index in [4.69, 9.17) is 26.8 Å². The Bertz CT molecular complexity index is 488. The van der Waals surface area contributed by atoms with Crippen molar-refractivity contribution in [1.29, 1.82) is 0 Å². The Morgan fingerprint density at radius 3 is 2.50 bits per heavy atom. The van der Waals surface area contributed by atoms with Crippen molar-refractivity contribution in [3.05, 3.63) is 41.6 Å². The molecule has 0 aliphatic carbocycles. The first-order valence-electron chi connectivity index (χ1n) is 5.35. The number of nitrogens with zero attached hydrogens (tertiary/aromatic N) is 2. The fourth-order valence-electron chi connectivity index (χ4n) is 1.31. The molecule has 0 amide bonds. The van der Waals surface area contributed by atoms with Gasteiger partial charge in [-0.3, -0.25) is 0 Å². The lowest BCUT2D eigenvalue weighted by molar-refractivity contribution is 0.212. The van der Waals surface area contributed by atoms with Crippen molar-refractivity contribution in [3.8, 4) is 11.6 Å². The standard InChI is InChI=1S/C12H12ClN3O2/c13-10-8-11(16-12(14)15-10)18-7-6-17-9-4-2-1-3-5-9/h1-5,8H,6-7H2,(H2,14,15,16). The van der Waals surface area contributed by atoms with Crippen LogP contribution in [0.1, 0.15) is 0 Å². The average molecular weight is 266 g/mol. The second-order valence-corrected chi connectivity index (χ2v) is 3.78. The molecule has 1 aromatic carbocycles. The number of aromatic nitrogens is 2. The highest BCUT2D eigenvalue weighted by atomic mass is 35.5. The normalized spacial score (nSPS) is 10.1. The zero-order chi connectivity index (χ0) is 12.8. The van der Waals surface area contributed by atoms with E-state index in [1.807, 2.05) is 30.3 Å². The lowest BCUT2D eigenvalue weighted by atomic mass is 10.3. The minimum absolute atomic E-state index is 0.0847. The number of hydrogen-bond acceptors (Lipinski definition) is 5. The molecule has 0 aliphatic heterocycles. The number of halogens is 1. The van der Waals surface area contributed by atoms with E-state index in [1.54, 1.807) is 0 Å². The molecule has 1 aromatic heterocycles. The lowest BCUT2D eigenvalue weighted by Crippen LogP contribution is -2.10. The van der Waals surface area contributed by atoms with Crippen LogP contribution >= 0.6 is 11.6 Å². The highest BCUT2D eigenvalue weighted by Gasteiger charge is 2.01. The summed E-state index contributed by atoms with van der Waals surface area (Å²) in [5.41, 5.74) is 5.44. The van der Waals surface area contributed by atoms with Gasteiger partial charge in [-0.2, -0.15) is 4.98 Å². The minimum Gasteiger partial charge on any atom is -0.490 e. The summed E-state index contributed by atoms with van der Waals surface area (Å²) in [7, 11) is 0. The van der Waals surface area contributed by atoms with Gasteiger partial charge in [0.15, 0.2) is 0 Å². The van der Waals surface area contributed by atoms with Gasteiger partial charge in [0.05, 0.1) is 0 Å². The van der Waals surface area contributed by atoms with Gasteiger partial charge in [-0.25, -0.2) is 4.98 Å². The van der Waals surface area contributed by atoms with Crippen molar-refractivity contribution in [2.75, 3.05) is 18.9 Å². The molecule has 0 aliphatic rings. The predicted molar refractivity (Wildman–Crippen MR) is 68.9 cm³/mol. The van der Waals surface area contributed by atoms with Crippen molar-refractivity contribution >= 4 is 17.5 Å². The molecule has 1 heterocycles. The molecule has 0 fully saturated rings. The van der Waals surface area contributed by atoms with E-state index in [0.717, 1.165) is 5.75 Å². The van der Waals surface area contributed by atoms with Crippen LogP contribution in [0.25, 0.3) is 0 Å². The lowest BCUT2D eigenvalue weighted by Gasteiger charge is -2.07. The van der Waals surface area contributed by atoms with Gasteiger partial charge in [-0.1, -0.05) is 29.8 Å². The molecule has 0 saturated heterocycles. The highest BCUT2D eigenvalue weighted by Crippen LogP contribution is 2.14. The third-order valence-electron chi connectivity index (χ3n) is 2.03. The molecule has 18 heavy (non-hydrogen) atoms. The Labute approximate surface area is 110 Å². The second kappa shape index (κ2) is 6.07. The molecule has 2 aromatic rings. The summed E-state index contributed by atoms with van der Waals surface area (Å²) in [5.74, 6) is 1.21. The Morgan fingerprint density at radius 1 is 1.06 bits per heavy atom. The molecular weight excluding hydrogens is 254 g/mol. The van der Waals surface area contributed by atoms with Gasteiger partial charge in [-0.05, 0) is 12.1 Å². The molecule has 94 valence electrons. The highest BCUT2D eigenvalue weighted by molar-refractivity contribution is 6.29. The summed E-state index contributed by atoms with van der Waals surface area (Å²) in [4.78, 5) is 7.61. The summed E-state index contributed by atoms with van der Waals surface area (Å²) >= 11 is 5.72. The molecule has 2 N–H and O–H groups in total. The predicted octanol–water partition coefficient (Wildman–Crippen LogP) is 2.17. The Kier molecular flexibility index (Phi) is 4.20.